The summed E-state index contributed by atoms with van der Waals surface area (Å²) in [6.07, 6.45) is 4.41. The van der Waals surface area contributed by atoms with Crippen molar-refractivity contribution in [1.82, 2.24) is 19.8 Å². The summed E-state index contributed by atoms with van der Waals surface area (Å²) in [4.78, 5) is 29.2. The molecule has 0 radical (unpaired) electrons. The fraction of sp³-hybridized carbons (Fsp3) is 0.842. The Morgan fingerprint density at radius 1 is 1.17 bits per heavy atom. The van der Waals surface area contributed by atoms with Crippen molar-refractivity contribution >= 4 is 27.8 Å². The minimum absolute atomic E-state index is 0.0799. The van der Waals surface area contributed by atoms with Crippen molar-refractivity contribution in [1.29, 1.82) is 5.41 Å². The molecular weight excluding hydrogens is 408 g/mol. The third kappa shape index (κ3) is 7.12. The largest absolute Gasteiger partial charge is 0.370 e. The number of hydrogen-bond donors (Lipinski definition) is 4. The number of piperidine rings is 1. The van der Waals surface area contributed by atoms with Crippen LogP contribution in [0.5, 0.6) is 0 Å². The smallest absolute Gasteiger partial charge is 0.242 e. The number of amides is 2. The van der Waals surface area contributed by atoms with Gasteiger partial charge < -0.3 is 20.9 Å². The van der Waals surface area contributed by atoms with E-state index in [9.17, 15) is 18.0 Å². The Hall–Kier alpha value is -1.88. The molecule has 0 aliphatic carbocycles. The van der Waals surface area contributed by atoms with E-state index in [1.807, 2.05) is 18.7 Å². The Balaban J connectivity index is 1.94. The van der Waals surface area contributed by atoms with Gasteiger partial charge in [-0.3, -0.25) is 15.0 Å². The van der Waals surface area contributed by atoms with Gasteiger partial charge in [-0.15, -0.1) is 0 Å². The van der Waals surface area contributed by atoms with Gasteiger partial charge in [0.15, 0.2) is 5.96 Å². The van der Waals surface area contributed by atoms with Crippen LogP contribution in [0.15, 0.2) is 0 Å². The van der Waals surface area contributed by atoms with Crippen LogP contribution >= 0.6 is 0 Å². The molecule has 11 heteroatoms. The van der Waals surface area contributed by atoms with Gasteiger partial charge in [0.25, 0.3) is 0 Å². The highest BCUT2D eigenvalue weighted by Crippen LogP contribution is 2.21. The van der Waals surface area contributed by atoms with Gasteiger partial charge in [0.2, 0.25) is 21.8 Å². The van der Waals surface area contributed by atoms with Crippen molar-refractivity contribution < 1.29 is 18.0 Å². The van der Waals surface area contributed by atoms with Crippen LogP contribution in [0.25, 0.3) is 0 Å². The van der Waals surface area contributed by atoms with Gasteiger partial charge in [-0.25, -0.2) is 13.1 Å². The molecule has 2 aliphatic rings. The zero-order valence-electron chi connectivity index (χ0n) is 18.2. The fourth-order valence-electron chi connectivity index (χ4n) is 4.17. The van der Waals surface area contributed by atoms with Gasteiger partial charge in [0, 0.05) is 26.2 Å². The average molecular weight is 445 g/mol. The third-order valence-corrected chi connectivity index (χ3v) is 6.43. The molecular formula is C19H36N6O4S. The lowest BCUT2D eigenvalue weighted by atomic mass is 9.97. The van der Waals surface area contributed by atoms with Gasteiger partial charge in [-0.2, -0.15) is 0 Å². The van der Waals surface area contributed by atoms with E-state index < -0.39 is 22.1 Å². The Morgan fingerprint density at radius 3 is 2.33 bits per heavy atom. The average Bonchev–Trinajstić information content (AvgIpc) is 3.13. The van der Waals surface area contributed by atoms with E-state index in [1.165, 1.54) is 4.90 Å². The van der Waals surface area contributed by atoms with Gasteiger partial charge in [0.1, 0.15) is 12.1 Å². The molecule has 5 N–H and O–H groups in total. The van der Waals surface area contributed by atoms with Crippen molar-refractivity contribution in [3.63, 3.8) is 0 Å². The van der Waals surface area contributed by atoms with Crippen LogP contribution in [-0.4, -0.2) is 80.5 Å². The maximum absolute atomic E-state index is 13.1. The summed E-state index contributed by atoms with van der Waals surface area (Å²) in [5, 5.41) is 10.5. The van der Waals surface area contributed by atoms with Crippen LogP contribution in [0.2, 0.25) is 0 Å². The molecule has 172 valence electrons. The van der Waals surface area contributed by atoms with Crippen LogP contribution < -0.4 is 15.8 Å². The molecule has 10 nitrogen and oxygen atoms in total. The van der Waals surface area contributed by atoms with Gasteiger partial charge in [-0.1, -0.05) is 13.8 Å². The van der Waals surface area contributed by atoms with E-state index in [0.717, 1.165) is 19.1 Å². The SMILES string of the molecule is CC(C)C[C@@H](NS(C)(=O)=O)C(=O)N1CCC[C@H]1C(=O)NCC1CCN(C(=N)N)CC1. The predicted molar refractivity (Wildman–Crippen MR) is 115 cm³/mol. The number of nitrogens with one attached hydrogen (secondary N) is 3. The third-order valence-electron chi connectivity index (χ3n) is 5.72. The van der Waals surface area contributed by atoms with E-state index >= 15 is 0 Å². The number of rotatable bonds is 8. The minimum atomic E-state index is -3.54. The highest BCUT2D eigenvalue weighted by molar-refractivity contribution is 7.88. The van der Waals surface area contributed by atoms with E-state index in [4.69, 9.17) is 11.1 Å². The van der Waals surface area contributed by atoms with E-state index in [-0.39, 0.29) is 23.7 Å². The summed E-state index contributed by atoms with van der Waals surface area (Å²) in [6.45, 7) is 6.25. The quantitative estimate of drug-likeness (QED) is 0.297. The van der Waals surface area contributed by atoms with Crippen molar-refractivity contribution in [2.75, 3.05) is 32.4 Å². The number of likely N-dealkylation sites (tertiary alicyclic amines) is 2. The maximum Gasteiger partial charge on any atom is 0.242 e. The minimum Gasteiger partial charge on any atom is -0.370 e. The zero-order chi connectivity index (χ0) is 22.5. The lowest BCUT2D eigenvalue weighted by Crippen LogP contribution is -2.54. The Bertz CT molecular complexity index is 733. The van der Waals surface area contributed by atoms with E-state index in [1.54, 1.807) is 0 Å². The maximum atomic E-state index is 13.1. The molecule has 2 amide bonds. The summed E-state index contributed by atoms with van der Waals surface area (Å²) in [5.74, 6) is 0.00920. The summed E-state index contributed by atoms with van der Waals surface area (Å²) < 4.78 is 25.9. The molecule has 30 heavy (non-hydrogen) atoms. The summed E-state index contributed by atoms with van der Waals surface area (Å²) >= 11 is 0. The van der Waals surface area contributed by atoms with E-state index in [2.05, 4.69) is 10.0 Å². The fourth-order valence-corrected chi connectivity index (χ4v) is 4.89. The van der Waals surface area contributed by atoms with Gasteiger partial charge in [-0.05, 0) is 43.9 Å². The molecule has 2 atom stereocenters. The second-order valence-corrected chi connectivity index (χ2v) is 10.6. The summed E-state index contributed by atoms with van der Waals surface area (Å²) in [5.41, 5.74) is 5.51. The Morgan fingerprint density at radius 2 is 1.80 bits per heavy atom. The lowest BCUT2D eigenvalue weighted by Gasteiger charge is -2.33. The first kappa shape index (κ1) is 24.4. The first-order chi connectivity index (χ1) is 14.0. The van der Waals surface area contributed by atoms with Crippen LogP contribution in [0.1, 0.15) is 46.0 Å². The molecule has 0 bridgehead atoms. The zero-order valence-corrected chi connectivity index (χ0v) is 19.0. The normalized spacial score (nSPS) is 21.7. The second-order valence-electron chi connectivity index (χ2n) is 8.82. The van der Waals surface area contributed by atoms with Gasteiger partial charge >= 0.3 is 0 Å². The monoisotopic (exact) mass is 444 g/mol. The summed E-state index contributed by atoms with van der Waals surface area (Å²) in [6, 6.07) is -1.42. The number of nitrogens with two attached hydrogens (primary N) is 1. The number of carbonyl (C=O) groups is 2. The van der Waals surface area contributed by atoms with Crippen molar-refractivity contribution in [3.8, 4) is 0 Å². The lowest BCUT2D eigenvalue weighted by molar-refractivity contribution is -0.140. The van der Waals surface area contributed by atoms with Crippen LogP contribution in [-0.2, 0) is 19.6 Å². The molecule has 0 aromatic heterocycles. The van der Waals surface area contributed by atoms with Crippen molar-refractivity contribution in [2.45, 2.75) is 58.0 Å². The number of carbonyl (C=O) groups excluding carboxylic acids is 2. The first-order valence-corrected chi connectivity index (χ1v) is 12.5. The van der Waals surface area contributed by atoms with Gasteiger partial charge in [0.05, 0.1) is 6.26 Å². The first-order valence-electron chi connectivity index (χ1n) is 10.6. The standard InChI is InChI=1S/C19H36N6O4S/c1-13(2)11-15(23-30(3,28)29)18(27)25-8-4-5-16(25)17(26)22-12-14-6-9-24(10-7-14)19(20)21/h13-16,23H,4-12H2,1-3H3,(H3,20,21)(H,22,26)/t15-,16+/m1/s1. The van der Waals surface area contributed by atoms with Crippen molar-refractivity contribution in [2.24, 2.45) is 17.6 Å². The molecule has 0 unspecified atom stereocenters. The number of guanidine groups is 1. The molecule has 2 heterocycles. The molecule has 0 aromatic carbocycles. The van der Waals surface area contributed by atoms with Crippen molar-refractivity contribution in [3.05, 3.63) is 0 Å². The van der Waals surface area contributed by atoms with E-state index in [0.29, 0.717) is 51.4 Å². The molecule has 0 aromatic rings. The predicted octanol–water partition coefficient (Wildman–Crippen LogP) is -0.337. The number of hydrogen-bond acceptors (Lipinski definition) is 5. The molecule has 0 spiro atoms. The Kier molecular flexibility index (Phi) is 8.48. The number of sulfonamides is 1. The highest BCUT2D eigenvalue weighted by atomic mass is 32.2. The van der Waals surface area contributed by atoms with Crippen LogP contribution in [0, 0.1) is 17.2 Å². The summed E-state index contributed by atoms with van der Waals surface area (Å²) in [7, 11) is -3.54. The van der Waals surface area contributed by atoms with Crippen LogP contribution in [0.3, 0.4) is 0 Å². The number of nitrogens with zero attached hydrogens (tertiary/aromatic N) is 2. The second kappa shape index (κ2) is 10.4. The Labute approximate surface area is 179 Å². The molecule has 2 rings (SSSR count). The molecule has 0 saturated carbocycles. The molecule has 2 saturated heterocycles. The topological polar surface area (TPSA) is 149 Å². The highest BCUT2D eigenvalue weighted by Gasteiger charge is 2.38. The molecule has 2 fully saturated rings. The van der Waals surface area contributed by atoms with Crippen LogP contribution in [0.4, 0.5) is 0 Å². The molecule has 2 aliphatic heterocycles.